The second-order valence-corrected chi connectivity index (χ2v) is 4.84. The monoisotopic (exact) mass is 284 g/mol. The lowest BCUT2D eigenvalue weighted by molar-refractivity contribution is 1.33. The van der Waals surface area contributed by atoms with Crippen molar-refractivity contribution in [2.75, 3.05) is 5.32 Å². The Morgan fingerprint density at radius 3 is 2.40 bits per heavy atom. The Kier molecular flexibility index (Phi) is 4.26. The summed E-state index contributed by atoms with van der Waals surface area (Å²) in [5.74, 6) is 0.889. The summed E-state index contributed by atoms with van der Waals surface area (Å²) in [5.41, 5.74) is 4.60. The van der Waals surface area contributed by atoms with E-state index in [9.17, 15) is 0 Å². The Morgan fingerprint density at radius 2 is 1.65 bits per heavy atom. The third kappa shape index (κ3) is 2.91. The Bertz CT molecular complexity index is 724. The van der Waals surface area contributed by atoms with Crippen LogP contribution in [-0.2, 0) is 0 Å². The van der Waals surface area contributed by atoms with Crippen molar-refractivity contribution in [3.05, 3.63) is 65.7 Å². The summed E-state index contributed by atoms with van der Waals surface area (Å²) in [6.45, 7) is 4.23. The van der Waals surface area contributed by atoms with Crippen LogP contribution in [-0.4, -0.2) is 4.98 Å². The van der Waals surface area contributed by atoms with Gasteiger partial charge in [-0.3, -0.25) is 0 Å². The molecule has 0 aliphatic carbocycles. The maximum atomic E-state index is 4.66. The molecule has 0 bridgehead atoms. The number of hydrogen-bond acceptors (Lipinski definition) is 2. The molecular formula is C17H17ClN2. The van der Waals surface area contributed by atoms with Crippen LogP contribution >= 0.6 is 12.4 Å². The molecule has 1 aromatic heterocycles. The first kappa shape index (κ1) is 14.4. The molecule has 0 unspecified atom stereocenters. The highest BCUT2D eigenvalue weighted by atomic mass is 35.5. The van der Waals surface area contributed by atoms with E-state index in [2.05, 4.69) is 48.4 Å². The lowest BCUT2D eigenvalue weighted by atomic mass is 10.1. The van der Waals surface area contributed by atoms with E-state index in [0.717, 1.165) is 17.0 Å². The van der Waals surface area contributed by atoms with Crippen molar-refractivity contribution in [1.82, 2.24) is 4.98 Å². The van der Waals surface area contributed by atoms with Crippen LogP contribution in [0.1, 0.15) is 11.1 Å². The minimum absolute atomic E-state index is 0. The van der Waals surface area contributed by atoms with Gasteiger partial charge in [-0.15, -0.1) is 12.4 Å². The fourth-order valence-corrected chi connectivity index (χ4v) is 2.24. The minimum Gasteiger partial charge on any atom is -0.340 e. The smallest absolute Gasteiger partial charge is 0.131 e. The van der Waals surface area contributed by atoms with Crippen LogP contribution in [0.4, 0.5) is 11.5 Å². The molecule has 0 radical (unpaired) electrons. The van der Waals surface area contributed by atoms with E-state index in [0.29, 0.717) is 0 Å². The number of para-hydroxylation sites is 1. The minimum atomic E-state index is 0. The summed E-state index contributed by atoms with van der Waals surface area (Å²) in [6.07, 6.45) is 0. The quantitative estimate of drug-likeness (QED) is 0.715. The van der Waals surface area contributed by atoms with Gasteiger partial charge in [0.2, 0.25) is 0 Å². The molecule has 20 heavy (non-hydrogen) atoms. The zero-order valence-corrected chi connectivity index (χ0v) is 12.4. The van der Waals surface area contributed by atoms with Crippen molar-refractivity contribution in [1.29, 1.82) is 0 Å². The van der Waals surface area contributed by atoms with Crippen LogP contribution < -0.4 is 5.32 Å². The number of aromatic nitrogens is 1. The molecule has 102 valence electrons. The predicted molar refractivity (Wildman–Crippen MR) is 88.2 cm³/mol. The summed E-state index contributed by atoms with van der Waals surface area (Å²) >= 11 is 0. The number of nitrogens with one attached hydrogen (secondary N) is 1. The van der Waals surface area contributed by atoms with Crippen molar-refractivity contribution >= 4 is 34.8 Å². The molecule has 3 aromatic rings. The molecule has 2 aromatic carbocycles. The first-order valence-electron chi connectivity index (χ1n) is 6.42. The van der Waals surface area contributed by atoms with Gasteiger partial charge in [-0.1, -0.05) is 29.8 Å². The molecule has 0 aliphatic heterocycles. The van der Waals surface area contributed by atoms with Gasteiger partial charge in [-0.25, -0.2) is 4.98 Å². The number of aryl methyl sites for hydroxylation is 2. The van der Waals surface area contributed by atoms with E-state index in [-0.39, 0.29) is 12.4 Å². The first-order chi connectivity index (χ1) is 9.22. The van der Waals surface area contributed by atoms with Crippen molar-refractivity contribution in [3.63, 3.8) is 0 Å². The molecule has 0 aliphatic rings. The Balaban J connectivity index is 0.00000147. The van der Waals surface area contributed by atoms with Crippen LogP contribution in [0.3, 0.4) is 0 Å². The molecule has 1 heterocycles. The van der Waals surface area contributed by atoms with E-state index in [1.807, 2.05) is 30.3 Å². The Hall–Kier alpha value is -2.06. The number of halogens is 1. The fraction of sp³-hybridized carbons (Fsp3) is 0.118. The van der Waals surface area contributed by atoms with Crippen LogP contribution in [0.25, 0.3) is 10.9 Å². The Labute approximate surface area is 125 Å². The number of fused-ring (bicyclic) bond motifs is 1. The maximum absolute atomic E-state index is 4.66. The van der Waals surface area contributed by atoms with Gasteiger partial charge in [0.05, 0.1) is 5.52 Å². The van der Waals surface area contributed by atoms with Crippen LogP contribution in [0.5, 0.6) is 0 Å². The summed E-state index contributed by atoms with van der Waals surface area (Å²) < 4.78 is 0. The molecular weight excluding hydrogens is 268 g/mol. The summed E-state index contributed by atoms with van der Waals surface area (Å²) in [4.78, 5) is 4.66. The van der Waals surface area contributed by atoms with Gasteiger partial charge in [0.1, 0.15) is 5.82 Å². The zero-order valence-electron chi connectivity index (χ0n) is 11.6. The van der Waals surface area contributed by atoms with Crippen LogP contribution in [0, 0.1) is 13.8 Å². The highest BCUT2D eigenvalue weighted by Gasteiger charge is 2.03. The van der Waals surface area contributed by atoms with E-state index in [1.165, 1.54) is 16.5 Å². The average Bonchev–Trinajstić information content (AvgIpc) is 2.41. The second kappa shape index (κ2) is 5.93. The van der Waals surface area contributed by atoms with E-state index in [4.69, 9.17) is 0 Å². The molecule has 3 rings (SSSR count). The zero-order chi connectivity index (χ0) is 13.2. The van der Waals surface area contributed by atoms with Crippen molar-refractivity contribution < 1.29 is 0 Å². The average molecular weight is 285 g/mol. The first-order valence-corrected chi connectivity index (χ1v) is 6.42. The third-order valence-electron chi connectivity index (χ3n) is 3.22. The third-order valence-corrected chi connectivity index (χ3v) is 3.22. The standard InChI is InChI=1S/C17H16N2.ClH/c1-12-8-9-16-15(10-12)13(2)11-17(19-16)18-14-6-4-3-5-7-14;/h3-11H,1-2H3,(H,18,19);1H. The van der Waals surface area contributed by atoms with Gasteiger partial charge >= 0.3 is 0 Å². The van der Waals surface area contributed by atoms with Gasteiger partial charge in [0, 0.05) is 11.1 Å². The van der Waals surface area contributed by atoms with Crippen LogP contribution in [0.2, 0.25) is 0 Å². The molecule has 2 nitrogen and oxygen atoms in total. The van der Waals surface area contributed by atoms with Gasteiger partial charge in [0.15, 0.2) is 0 Å². The number of pyridine rings is 1. The molecule has 1 N–H and O–H groups in total. The molecule has 3 heteroatoms. The van der Waals surface area contributed by atoms with Crippen molar-refractivity contribution in [2.45, 2.75) is 13.8 Å². The number of nitrogens with zero attached hydrogens (tertiary/aromatic N) is 1. The number of benzene rings is 2. The van der Waals surface area contributed by atoms with E-state index in [1.54, 1.807) is 0 Å². The maximum Gasteiger partial charge on any atom is 0.131 e. The lowest BCUT2D eigenvalue weighted by Gasteiger charge is -2.09. The number of hydrogen-bond donors (Lipinski definition) is 1. The normalized spacial score (nSPS) is 10.1. The topological polar surface area (TPSA) is 24.9 Å². The summed E-state index contributed by atoms with van der Waals surface area (Å²) in [5, 5.41) is 4.56. The van der Waals surface area contributed by atoms with Gasteiger partial charge in [0.25, 0.3) is 0 Å². The Morgan fingerprint density at radius 1 is 0.900 bits per heavy atom. The van der Waals surface area contributed by atoms with Crippen molar-refractivity contribution in [3.8, 4) is 0 Å². The second-order valence-electron chi connectivity index (χ2n) is 4.84. The molecule has 0 amide bonds. The molecule has 0 spiro atoms. The van der Waals surface area contributed by atoms with E-state index < -0.39 is 0 Å². The summed E-state index contributed by atoms with van der Waals surface area (Å²) in [6, 6.07) is 18.6. The fourth-order valence-electron chi connectivity index (χ4n) is 2.24. The van der Waals surface area contributed by atoms with Crippen molar-refractivity contribution in [2.24, 2.45) is 0 Å². The lowest BCUT2D eigenvalue weighted by Crippen LogP contribution is -1.95. The van der Waals surface area contributed by atoms with Gasteiger partial charge in [-0.2, -0.15) is 0 Å². The highest BCUT2D eigenvalue weighted by Crippen LogP contribution is 2.23. The predicted octanol–water partition coefficient (Wildman–Crippen LogP) is 5.02. The highest BCUT2D eigenvalue weighted by molar-refractivity contribution is 5.85. The van der Waals surface area contributed by atoms with Crippen LogP contribution in [0.15, 0.2) is 54.6 Å². The molecule has 0 atom stereocenters. The van der Waals surface area contributed by atoms with E-state index >= 15 is 0 Å². The number of anilines is 2. The SMILES string of the molecule is Cc1ccc2nc(Nc3ccccc3)cc(C)c2c1.Cl. The van der Waals surface area contributed by atoms with Gasteiger partial charge < -0.3 is 5.32 Å². The molecule has 0 saturated carbocycles. The molecule has 0 fully saturated rings. The summed E-state index contributed by atoms with van der Waals surface area (Å²) in [7, 11) is 0. The number of rotatable bonds is 2. The van der Waals surface area contributed by atoms with Gasteiger partial charge in [-0.05, 0) is 49.7 Å². The largest absolute Gasteiger partial charge is 0.340 e. The molecule has 0 saturated heterocycles.